The summed E-state index contributed by atoms with van der Waals surface area (Å²) in [6.45, 7) is -0.672. The largest absolute Gasteiger partial charge is 0.604 e. The van der Waals surface area contributed by atoms with Crippen LogP contribution in [0.25, 0.3) is 0 Å². The molecule has 2 fully saturated rings. The van der Waals surface area contributed by atoms with Crippen LogP contribution in [-0.4, -0.2) is 84.0 Å². The molecule has 0 saturated carbocycles. The van der Waals surface area contributed by atoms with Crippen LogP contribution in [0, 0.1) is 11.1 Å². The molecule has 0 radical (unpaired) electrons. The molecule has 1 aromatic carbocycles. The minimum Gasteiger partial charge on any atom is -0.604 e. The van der Waals surface area contributed by atoms with Crippen LogP contribution in [0.4, 0.5) is 10.5 Å². The van der Waals surface area contributed by atoms with Crippen LogP contribution in [0.2, 0.25) is 0 Å². The molecule has 2 saturated heterocycles. The van der Waals surface area contributed by atoms with Crippen LogP contribution >= 0.6 is 0 Å². The summed E-state index contributed by atoms with van der Waals surface area (Å²) in [5.41, 5.74) is 5.92. The van der Waals surface area contributed by atoms with E-state index in [1.165, 1.54) is 7.11 Å². The van der Waals surface area contributed by atoms with Crippen LogP contribution in [0.15, 0.2) is 24.3 Å². The van der Waals surface area contributed by atoms with Crippen LogP contribution in [0.3, 0.4) is 0 Å². The molecule has 0 bridgehead atoms. The summed E-state index contributed by atoms with van der Waals surface area (Å²) in [6.07, 6.45) is -1.57. The number of ether oxygens (including phenoxy) is 1. The summed E-state index contributed by atoms with van der Waals surface area (Å²) >= 11 is 0. The number of aldehydes is 1. The number of methoxy groups -OCH3 is 1. The van der Waals surface area contributed by atoms with Gasteiger partial charge in [-0.1, -0.05) is 12.1 Å². The van der Waals surface area contributed by atoms with Crippen molar-refractivity contribution < 1.29 is 38.6 Å². The summed E-state index contributed by atoms with van der Waals surface area (Å²) in [4.78, 5) is 61.4. The average molecular weight is 492 g/mol. The number of anilines is 1. The summed E-state index contributed by atoms with van der Waals surface area (Å²) in [6, 6.07) is 4.23. The third-order valence-corrected chi connectivity index (χ3v) is 6.05. The number of primary amides is 1. The molecule has 4 atom stereocenters. The highest BCUT2D eigenvalue weighted by Crippen LogP contribution is 2.37. The minimum atomic E-state index is -1.38. The van der Waals surface area contributed by atoms with Crippen LogP contribution < -0.4 is 26.0 Å². The van der Waals surface area contributed by atoms with E-state index in [0.29, 0.717) is 6.29 Å². The number of benzene rings is 1. The lowest BCUT2D eigenvalue weighted by Gasteiger charge is -2.57. The summed E-state index contributed by atoms with van der Waals surface area (Å²) in [5.74, 6) is -3.24. The third kappa shape index (κ3) is 5.34. The third-order valence-electron chi connectivity index (χ3n) is 6.05. The molecular formula is C21H28N6O8. The number of hydrogen-bond donors (Lipinski definition) is 4. The highest BCUT2D eigenvalue weighted by Gasteiger charge is 2.51. The molecule has 4 unspecified atom stereocenters. The molecule has 5 N–H and O–H groups in total. The van der Waals surface area contributed by atoms with Crippen molar-refractivity contribution in [3.8, 4) is 5.75 Å². The van der Waals surface area contributed by atoms with Gasteiger partial charge in [0.15, 0.2) is 6.17 Å². The first kappa shape index (κ1) is 25.9. The number of hydroxylamine groups is 2. The number of carbonyl (C=O) groups is 5. The zero-order valence-corrected chi connectivity index (χ0v) is 19.1. The second-order valence-corrected chi connectivity index (χ2v) is 8.29. The zero-order valence-electron chi connectivity index (χ0n) is 19.1. The first-order valence-electron chi connectivity index (χ1n) is 10.9. The number of amides is 4. The van der Waals surface area contributed by atoms with Crippen molar-refractivity contribution in [1.82, 2.24) is 15.6 Å². The first-order chi connectivity index (χ1) is 16.6. The second kappa shape index (κ2) is 10.7. The van der Waals surface area contributed by atoms with Gasteiger partial charge in [-0.05, 0) is 12.1 Å². The van der Waals surface area contributed by atoms with Gasteiger partial charge in [0, 0.05) is 19.4 Å². The fourth-order valence-electron chi connectivity index (χ4n) is 4.45. The van der Waals surface area contributed by atoms with Gasteiger partial charge < -0.3 is 30.9 Å². The smallest absolute Gasteiger partial charge is 0.324 e. The molecule has 3 rings (SSSR count). The van der Waals surface area contributed by atoms with E-state index in [-0.39, 0.29) is 37.5 Å². The van der Waals surface area contributed by atoms with E-state index in [4.69, 9.17) is 15.6 Å². The number of hydrogen-bond acceptors (Lipinski definition) is 8. The van der Waals surface area contributed by atoms with Gasteiger partial charge in [-0.2, -0.15) is 5.01 Å². The Hall–Kier alpha value is -3.75. The van der Waals surface area contributed by atoms with Gasteiger partial charge in [0.25, 0.3) is 5.91 Å². The number of nitrogens with one attached hydrogen (secondary N) is 2. The second-order valence-electron chi connectivity index (χ2n) is 8.29. The molecule has 14 heteroatoms. The molecule has 1 aromatic rings. The fraction of sp³-hybridized carbons (Fsp3) is 0.476. The standard InChI is InChI=1S/C21H28N6O8/c1-35-16-5-3-2-4-15(16)26(21(22)33)17-6-7-18(29)25-12-23-9-13(10-27(17,25)34)20(32)24-14(11-28)8-19(30)31/h2-5,11,13-14,17,23H,6-10,12H2,1H3,(H2,22,33)(H,24,32)(H,30,31). The van der Waals surface area contributed by atoms with Gasteiger partial charge in [-0.3, -0.25) is 19.7 Å². The number of urea groups is 1. The lowest BCUT2D eigenvalue weighted by molar-refractivity contribution is -1.00. The van der Waals surface area contributed by atoms with Crippen LogP contribution in [0.5, 0.6) is 5.75 Å². The van der Waals surface area contributed by atoms with E-state index in [1.54, 1.807) is 24.3 Å². The number of nitrogens with zero attached hydrogens (tertiary/aromatic N) is 3. The number of fused-ring (bicyclic) bond motifs is 1. The fourth-order valence-corrected chi connectivity index (χ4v) is 4.45. The van der Waals surface area contributed by atoms with Gasteiger partial charge >= 0.3 is 12.0 Å². The molecule has 4 amide bonds. The zero-order chi connectivity index (χ0) is 25.8. The average Bonchev–Trinajstić information content (AvgIpc) is 3.00. The number of carbonyl (C=O) groups excluding carboxylic acids is 4. The van der Waals surface area contributed by atoms with Crippen molar-refractivity contribution in [2.45, 2.75) is 31.5 Å². The molecule has 0 spiro atoms. The Kier molecular flexibility index (Phi) is 7.89. The number of aliphatic carboxylic acids is 1. The molecular weight excluding hydrogens is 464 g/mol. The summed E-state index contributed by atoms with van der Waals surface area (Å²) < 4.78 is 3.95. The van der Waals surface area contributed by atoms with Crippen molar-refractivity contribution in [3.63, 3.8) is 0 Å². The van der Waals surface area contributed by atoms with E-state index in [0.717, 1.165) is 9.91 Å². The van der Waals surface area contributed by atoms with Gasteiger partial charge in [0.2, 0.25) is 5.91 Å². The van der Waals surface area contributed by atoms with E-state index in [9.17, 15) is 29.2 Å². The molecule has 2 heterocycles. The Morgan fingerprint density at radius 3 is 2.77 bits per heavy atom. The molecule has 0 aliphatic carbocycles. The Labute approximate surface area is 200 Å². The Bertz CT molecular complexity index is 1010. The minimum absolute atomic E-state index is 0.0194. The lowest BCUT2D eigenvalue weighted by atomic mass is 10.0. The van der Waals surface area contributed by atoms with Crippen molar-refractivity contribution in [3.05, 3.63) is 29.5 Å². The van der Waals surface area contributed by atoms with E-state index in [2.05, 4.69) is 10.6 Å². The predicted molar refractivity (Wildman–Crippen MR) is 120 cm³/mol. The van der Waals surface area contributed by atoms with Gasteiger partial charge in [0.05, 0.1) is 25.3 Å². The highest BCUT2D eigenvalue weighted by atomic mass is 16.6. The monoisotopic (exact) mass is 492 g/mol. The van der Waals surface area contributed by atoms with Crippen molar-refractivity contribution in [2.24, 2.45) is 11.7 Å². The number of nitrogens with two attached hydrogens (primary N) is 1. The van der Waals surface area contributed by atoms with Crippen molar-refractivity contribution >= 4 is 35.8 Å². The van der Waals surface area contributed by atoms with Crippen LogP contribution in [0.1, 0.15) is 19.3 Å². The van der Waals surface area contributed by atoms with Gasteiger partial charge in [0.1, 0.15) is 31.2 Å². The SMILES string of the molecule is COc1ccccc1N(C(N)=O)C1CCC(=O)N2CNCC(C(=O)NC(C=O)CC(=O)O)C[N+]12[O-]. The van der Waals surface area contributed by atoms with E-state index >= 15 is 0 Å². The topological polar surface area (TPSA) is 194 Å². The first-order valence-corrected chi connectivity index (χ1v) is 10.9. The summed E-state index contributed by atoms with van der Waals surface area (Å²) in [7, 11) is 1.40. The molecule has 2 aliphatic rings. The maximum atomic E-state index is 14.4. The quantitative estimate of drug-likeness (QED) is 0.202. The van der Waals surface area contributed by atoms with Crippen molar-refractivity contribution in [2.75, 3.05) is 31.8 Å². The molecule has 35 heavy (non-hydrogen) atoms. The molecule has 2 aliphatic heterocycles. The number of para-hydroxylation sites is 2. The number of carboxylic acid groups (broad SMARTS) is 1. The number of rotatable bonds is 8. The normalized spacial score (nSPS) is 25.0. The Balaban J connectivity index is 1.97. The maximum Gasteiger partial charge on any atom is 0.324 e. The van der Waals surface area contributed by atoms with E-state index < -0.39 is 59.7 Å². The molecule has 0 aromatic heterocycles. The van der Waals surface area contributed by atoms with E-state index in [1.807, 2.05) is 0 Å². The van der Waals surface area contributed by atoms with Crippen molar-refractivity contribution in [1.29, 1.82) is 0 Å². The summed E-state index contributed by atoms with van der Waals surface area (Å²) in [5, 5.41) is 29.5. The Morgan fingerprint density at radius 2 is 2.14 bits per heavy atom. The van der Waals surface area contributed by atoms with Gasteiger partial charge in [-0.25, -0.2) is 14.4 Å². The molecule has 190 valence electrons. The predicted octanol–water partition coefficient (Wildman–Crippen LogP) is -0.906. The van der Waals surface area contributed by atoms with Gasteiger partial charge in [-0.15, -0.1) is 0 Å². The lowest BCUT2D eigenvalue weighted by Crippen LogP contribution is -2.73. The number of quaternary nitrogens is 1. The molecule has 14 nitrogen and oxygen atoms in total. The maximum absolute atomic E-state index is 14.4. The highest BCUT2D eigenvalue weighted by molar-refractivity contribution is 5.93. The Morgan fingerprint density at radius 1 is 1.43 bits per heavy atom. The number of carboxylic acids is 1. The van der Waals surface area contributed by atoms with Crippen LogP contribution in [-0.2, 0) is 19.2 Å².